The summed E-state index contributed by atoms with van der Waals surface area (Å²) >= 11 is 0. The van der Waals surface area contributed by atoms with E-state index in [0.717, 1.165) is 19.1 Å². The molecule has 1 N–H and O–H groups in total. The predicted molar refractivity (Wildman–Crippen MR) is 43.2 cm³/mol. The summed E-state index contributed by atoms with van der Waals surface area (Å²) in [5.41, 5.74) is -0.135. The molecule has 11 heavy (non-hydrogen) atoms. The average molecular weight is 156 g/mol. The van der Waals surface area contributed by atoms with Crippen LogP contribution in [-0.2, 0) is 4.79 Å². The van der Waals surface area contributed by atoms with E-state index in [4.69, 9.17) is 0 Å². The molecule has 1 fully saturated rings. The SMILES string of the molecule is CC(C)C(O)CC1(C=O)CC1. The highest BCUT2D eigenvalue weighted by molar-refractivity contribution is 5.63. The molecule has 0 aliphatic heterocycles. The number of aliphatic hydroxyl groups is 1. The van der Waals surface area contributed by atoms with Gasteiger partial charge in [-0.15, -0.1) is 0 Å². The molecule has 1 aliphatic rings. The fraction of sp³-hybridized carbons (Fsp3) is 0.889. The summed E-state index contributed by atoms with van der Waals surface area (Å²) < 4.78 is 0. The molecule has 0 bridgehead atoms. The molecule has 64 valence electrons. The molecule has 1 rings (SSSR count). The maximum atomic E-state index is 10.5. The average Bonchev–Trinajstić information content (AvgIpc) is 2.69. The van der Waals surface area contributed by atoms with Crippen molar-refractivity contribution < 1.29 is 9.90 Å². The molecule has 0 amide bonds. The molecule has 0 aromatic carbocycles. The summed E-state index contributed by atoms with van der Waals surface area (Å²) in [6.07, 6.45) is 3.32. The number of carbonyl (C=O) groups excluding carboxylic acids is 1. The highest BCUT2D eigenvalue weighted by Crippen LogP contribution is 2.48. The van der Waals surface area contributed by atoms with Crippen LogP contribution in [0.4, 0.5) is 0 Å². The van der Waals surface area contributed by atoms with Crippen LogP contribution in [0.2, 0.25) is 0 Å². The van der Waals surface area contributed by atoms with E-state index in [0.29, 0.717) is 6.42 Å². The van der Waals surface area contributed by atoms with Gasteiger partial charge < -0.3 is 9.90 Å². The minimum Gasteiger partial charge on any atom is -0.393 e. The quantitative estimate of drug-likeness (QED) is 0.624. The van der Waals surface area contributed by atoms with E-state index in [2.05, 4.69) is 0 Å². The molecule has 1 aliphatic carbocycles. The minimum atomic E-state index is -0.303. The third-order valence-electron chi connectivity index (χ3n) is 2.53. The Balaban J connectivity index is 2.35. The fourth-order valence-electron chi connectivity index (χ4n) is 1.18. The van der Waals surface area contributed by atoms with Crippen LogP contribution in [0.25, 0.3) is 0 Å². The molecule has 1 atom stereocenters. The van der Waals surface area contributed by atoms with Gasteiger partial charge in [-0.05, 0) is 25.2 Å². The molecule has 0 heterocycles. The Morgan fingerprint density at radius 3 is 2.36 bits per heavy atom. The number of carbonyl (C=O) groups is 1. The summed E-state index contributed by atoms with van der Waals surface area (Å²) in [6, 6.07) is 0. The first-order chi connectivity index (χ1) is 5.09. The van der Waals surface area contributed by atoms with Gasteiger partial charge in [0.05, 0.1) is 6.10 Å². The van der Waals surface area contributed by atoms with Gasteiger partial charge in [0, 0.05) is 5.41 Å². The van der Waals surface area contributed by atoms with E-state index in [1.807, 2.05) is 13.8 Å². The molecule has 0 saturated heterocycles. The van der Waals surface area contributed by atoms with Gasteiger partial charge in [-0.1, -0.05) is 13.8 Å². The van der Waals surface area contributed by atoms with Crippen LogP contribution in [0.1, 0.15) is 33.1 Å². The predicted octanol–water partition coefficient (Wildman–Crippen LogP) is 1.37. The van der Waals surface area contributed by atoms with Gasteiger partial charge >= 0.3 is 0 Å². The Bertz CT molecular complexity index is 148. The first kappa shape index (κ1) is 8.72. The molecule has 0 aromatic heterocycles. The molecule has 1 saturated carbocycles. The van der Waals surface area contributed by atoms with Crippen molar-refractivity contribution in [2.75, 3.05) is 0 Å². The third kappa shape index (κ3) is 2.03. The Morgan fingerprint density at radius 1 is 1.55 bits per heavy atom. The summed E-state index contributed by atoms with van der Waals surface area (Å²) in [5, 5.41) is 9.47. The molecule has 2 nitrogen and oxygen atoms in total. The Labute approximate surface area is 67.6 Å². The Morgan fingerprint density at radius 2 is 2.09 bits per heavy atom. The van der Waals surface area contributed by atoms with Gasteiger partial charge in [0.1, 0.15) is 6.29 Å². The zero-order valence-corrected chi connectivity index (χ0v) is 7.21. The second-order valence-electron chi connectivity index (χ2n) is 4.00. The lowest BCUT2D eigenvalue weighted by atomic mass is 9.94. The Kier molecular flexibility index (Phi) is 2.33. The standard InChI is InChI=1S/C9H16O2/c1-7(2)8(11)5-9(6-10)3-4-9/h6-8,11H,3-5H2,1-2H3. The third-order valence-corrected chi connectivity index (χ3v) is 2.53. The normalized spacial score (nSPS) is 23.3. The van der Waals surface area contributed by atoms with Crippen molar-refractivity contribution in [2.45, 2.75) is 39.2 Å². The number of hydrogen-bond donors (Lipinski definition) is 1. The van der Waals surface area contributed by atoms with E-state index in [9.17, 15) is 9.90 Å². The van der Waals surface area contributed by atoms with E-state index in [1.54, 1.807) is 0 Å². The van der Waals surface area contributed by atoms with Gasteiger partial charge in [-0.2, -0.15) is 0 Å². The van der Waals surface area contributed by atoms with Crippen LogP contribution in [-0.4, -0.2) is 17.5 Å². The van der Waals surface area contributed by atoms with E-state index < -0.39 is 0 Å². The molecular formula is C9H16O2. The molecule has 0 spiro atoms. The van der Waals surface area contributed by atoms with E-state index >= 15 is 0 Å². The fourth-order valence-corrected chi connectivity index (χ4v) is 1.18. The van der Waals surface area contributed by atoms with Crippen molar-refractivity contribution in [1.29, 1.82) is 0 Å². The Hall–Kier alpha value is -0.370. The smallest absolute Gasteiger partial charge is 0.126 e. The van der Waals surface area contributed by atoms with Gasteiger partial charge in [-0.25, -0.2) is 0 Å². The number of rotatable bonds is 4. The molecular weight excluding hydrogens is 140 g/mol. The van der Waals surface area contributed by atoms with E-state index in [1.165, 1.54) is 0 Å². The second-order valence-corrected chi connectivity index (χ2v) is 4.00. The van der Waals surface area contributed by atoms with Crippen molar-refractivity contribution >= 4 is 6.29 Å². The van der Waals surface area contributed by atoms with Crippen LogP contribution in [0.15, 0.2) is 0 Å². The lowest BCUT2D eigenvalue weighted by Gasteiger charge is -2.17. The zero-order chi connectivity index (χ0) is 8.48. The van der Waals surface area contributed by atoms with Crippen molar-refractivity contribution in [2.24, 2.45) is 11.3 Å². The summed E-state index contributed by atoms with van der Waals surface area (Å²) in [7, 11) is 0. The largest absolute Gasteiger partial charge is 0.393 e. The van der Waals surface area contributed by atoms with Gasteiger partial charge in [-0.3, -0.25) is 0 Å². The van der Waals surface area contributed by atoms with Crippen molar-refractivity contribution in [3.8, 4) is 0 Å². The highest BCUT2D eigenvalue weighted by Gasteiger charge is 2.44. The van der Waals surface area contributed by atoms with Gasteiger partial charge in [0.2, 0.25) is 0 Å². The van der Waals surface area contributed by atoms with Crippen molar-refractivity contribution in [3.05, 3.63) is 0 Å². The summed E-state index contributed by atoms with van der Waals surface area (Å²) in [6.45, 7) is 3.96. The second kappa shape index (κ2) is 2.94. The zero-order valence-electron chi connectivity index (χ0n) is 7.21. The van der Waals surface area contributed by atoms with Crippen molar-refractivity contribution in [1.82, 2.24) is 0 Å². The lowest BCUT2D eigenvalue weighted by Crippen LogP contribution is -2.20. The molecule has 2 heteroatoms. The van der Waals surface area contributed by atoms with E-state index in [-0.39, 0.29) is 17.4 Å². The topological polar surface area (TPSA) is 37.3 Å². The van der Waals surface area contributed by atoms with Crippen LogP contribution in [0.5, 0.6) is 0 Å². The highest BCUT2D eigenvalue weighted by atomic mass is 16.3. The molecule has 0 radical (unpaired) electrons. The van der Waals surface area contributed by atoms with Crippen molar-refractivity contribution in [3.63, 3.8) is 0 Å². The maximum Gasteiger partial charge on any atom is 0.126 e. The first-order valence-corrected chi connectivity index (χ1v) is 4.24. The summed E-state index contributed by atoms with van der Waals surface area (Å²) in [5.74, 6) is 0.271. The van der Waals surface area contributed by atoms with Gasteiger partial charge in [0.15, 0.2) is 0 Å². The molecule has 1 unspecified atom stereocenters. The van der Waals surface area contributed by atoms with Crippen LogP contribution in [0.3, 0.4) is 0 Å². The van der Waals surface area contributed by atoms with Crippen LogP contribution >= 0.6 is 0 Å². The van der Waals surface area contributed by atoms with Crippen LogP contribution in [0, 0.1) is 11.3 Å². The molecule has 0 aromatic rings. The lowest BCUT2D eigenvalue weighted by molar-refractivity contribution is -0.113. The van der Waals surface area contributed by atoms with Crippen LogP contribution < -0.4 is 0 Å². The summed E-state index contributed by atoms with van der Waals surface area (Å²) in [4.78, 5) is 10.5. The monoisotopic (exact) mass is 156 g/mol. The minimum absolute atomic E-state index is 0.135. The maximum absolute atomic E-state index is 10.5. The number of aliphatic hydroxyl groups excluding tert-OH is 1. The number of hydrogen-bond acceptors (Lipinski definition) is 2. The number of aldehydes is 1. The van der Waals surface area contributed by atoms with Gasteiger partial charge in [0.25, 0.3) is 0 Å². The first-order valence-electron chi connectivity index (χ1n) is 4.24.